The van der Waals surface area contributed by atoms with E-state index in [-0.39, 0.29) is 5.96 Å². The molecule has 2 aromatic heterocycles. The van der Waals surface area contributed by atoms with Crippen molar-refractivity contribution in [3.63, 3.8) is 0 Å². The summed E-state index contributed by atoms with van der Waals surface area (Å²) in [6, 6.07) is 20.7. The molecule has 10 heteroatoms. The van der Waals surface area contributed by atoms with E-state index in [9.17, 15) is 0 Å². The van der Waals surface area contributed by atoms with Crippen molar-refractivity contribution in [1.29, 1.82) is 0 Å². The zero-order valence-electron chi connectivity index (χ0n) is 18.1. The Hall–Kier alpha value is -3.17. The largest absolute Gasteiger partial charge is 0.434 e. The van der Waals surface area contributed by atoms with Crippen molar-refractivity contribution < 1.29 is 8.60 Å². The first kappa shape index (κ1) is 24.0. The fraction of sp³-hybridized carbons (Fsp3) is 0.0833. The molecule has 7 nitrogen and oxygen atoms in total. The maximum absolute atomic E-state index is 6.09. The van der Waals surface area contributed by atoms with Crippen molar-refractivity contribution in [2.75, 3.05) is 7.05 Å². The third kappa shape index (κ3) is 6.45. The van der Waals surface area contributed by atoms with Crippen LogP contribution in [0.3, 0.4) is 0 Å². The molecule has 0 aliphatic carbocycles. The number of nitrogens with one attached hydrogen (secondary N) is 1. The molecule has 0 atom stereocenters. The van der Waals surface area contributed by atoms with Crippen LogP contribution in [-0.4, -0.2) is 22.4 Å². The van der Waals surface area contributed by atoms with Crippen LogP contribution in [0.15, 0.2) is 88.6 Å². The number of guanidine groups is 1. The highest BCUT2D eigenvalue weighted by molar-refractivity contribution is 7.92. The highest BCUT2D eigenvalue weighted by Gasteiger charge is 2.11. The minimum absolute atomic E-state index is 0.230. The Morgan fingerprint density at radius 1 is 1.09 bits per heavy atom. The normalized spacial score (nSPS) is 11.6. The number of hydrogen-bond donors (Lipinski definition) is 2. The molecule has 0 fully saturated rings. The molecule has 0 saturated heterocycles. The van der Waals surface area contributed by atoms with Crippen molar-refractivity contribution >= 4 is 41.4 Å². The van der Waals surface area contributed by atoms with Gasteiger partial charge in [-0.05, 0) is 47.5 Å². The molecule has 34 heavy (non-hydrogen) atoms. The summed E-state index contributed by atoms with van der Waals surface area (Å²) in [4.78, 5) is 9.14. The van der Waals surface area contributed by atoms with Crippen LogP contribution in [-0.2, 0) is 6.54 Å². The lowest BCUT2D eigenvalue weighted by molar-refractivity contribution is 0.394. The topological polar surface area (TPSA) is 88.9 Å². The molecule has 2 heterocycles. The van der Waals surface area contributed by atoms with Crippen LogP contribution in [0.25, 0.3) is 22.4 Å². The molecule has 0 bridgehead atoms. The van der Waals surface area contributed by atoms with E-state index in [2.05, 4.69) is 16.5 Å². The summed E-state index contributed by atoms with van der Waals surface area (Å²) in [5.41, 5.74) is 13.6. The zero-order chi connectivity index (χ0) is 23.9. The van der Waals surface area contributed by atoms with E-state index in [1.165, 1.54) is 6.26 Å². The van der Waals surface area contributed by atoms with Gasteiger partial charge in [-0.3, -0.25) is 10.4 Å². The molecular weight excluding hydrogens is 493 g/mol. The van der Waals surface area contributed by atoms with Gasteiger partial charge in [-0.1, -0.05) is 47.5 Å². The third-order valence-corrected chi connectivity index (χ3v) is 5.71. The minimum Gasteiger partial charge on any atom is -0.434 e. The molecule has 0 amide bonds. The number of hydrogen-bond acceptors (Lipinski definition) is 6. The Labute approximate surface area is 211 Å². The van der Waals surface area contributed by atoms with Crippen LogP contribution in [0.1, 0.15) is 5.56 Å². The first-order valence-electron chi connectivity index (χ1n) is 10.2. The van der Waals surface area contributed by atoms with Gasteiger partial charge < -0.3 is 14.3 Å². The van der Waals surface area contributed by atoms with Gasteiger partial charge in [0, 0.05) is 40.5 Å². The number of aromatic nitrogens is 1. The van der Waals surface area contributed by atoms with E-state index in [0.29, 0.717) is 22.5 Å². The summed E-state index contributed by atoms with van der Waals surface area (Å²) >= 11 is 13.2. The summed E-state index contributed by atoms with van der Waals surface area (Å²) in [6.07, 6.45) is 3.32. The number of pyridine rings is 1. The number of nitrogens with zero attached hydrogens (tertiary/aromatic N) is 3. The highest BCUT2D eigenvalue weighted by atomic mass is 35.5. The van der Waals surface area contributed by atoms with Crippen LogP contribution >= 0.6 is 35.4 Å². The van der Waals surface area contributed by atoms with Crippen LogP contribution in [0.5, 0.6) is 5.95 Å². The molecule has 174 valence electrons. The molecule has 0 radical (unpaired) electrons. The predicted octanol–water partition coefficient (Wildman–Crippen LogP) is 6.21. The van der Waals surface area contributed by atoms with E-state index < -0.39 is 0 Å². The number of aliphatic imine (C=N–C) groups is 1. The van der Waals surface area contributed by atoms with Gasteiger partial charge in [0.15, 0.2) is 12.2 Å². The number of halogens is 2. The van der Waals surface area contributed by atoms with Crippen molar-refractivity contribution in [2.45, 2.75) is 6.54 Å². The van der Waals surface area contributed by atoms with Crippen LogP contribution < -0.4 is 15.3 Å². The standard InChI is InChI=1S/C24H21Cl2N5O2S/c1-31(34-33-22-3-2-12-32-22)30-24(27)29-15-16-13-21(17-4-8-19(25)9-5-17)23(28-14-16)18-6-10-20(26)11-7-18/h2-14H,15H2,1H3,(H3,27,29,30). The fourth-order valence-corrected chi connectivity index (χ4v) is 3.74. The molecule has 0 saturated carbocycles. The van der Waals surface area contributed by atoms with E-state index in [1.54, 1.807) is 29.8 Å². The quantitative estimate of drug-likeness (QED) is 0.0950. The molecule has 2 aromatic carbocycles. The average molecular weight is 514 g/mol. The lowest BCUT2D eigenvalue weighted by Gasteiger charge is -2.15. The van der Waals surface area contributed by atoms with Gasteiger partial charge in [-0.15, -0.1) is 4.41 Å². The van der Waals surface area contributed by atoms with Crippen LogP contribution in [0.4, 0.5) is 0 Å². The third-order valence-electron chi connectivity index (χ3n) is 4.65. The summed E-state index contributed by atoms with van der Waals surface area (Å²) in [6.45, 7) is 0.338. The number of rotatable bonds is 8. The average Bonchev–Trinajstić information content (AvgIpc) is 3.36. The molecule has 0 aliphatic heterocycles. The number of nitrogens with two attached hydrogens (primary N) is 1. The summed E-state index contributed by atoms with van der Waals surface area (Å²) in [5, 5.41) is 1.34. The Kier molecular flexibility index (Phi) is 7.97. The second-order valence-corrected chi connectivity index (χ2v) is 8.89. The Morgan fingerprint density at radius 2 is 1.76 bits per heavy atom. The monoisotopic (exact) mass is 513 g/mol. The van der Waals surface area contributed by atoms with E-state index >= 15 is 0 Å². The highest BCUT2D eigenvalue weighted by Crippen LogP contribution is 2.32. The number of furan rings is 1. The second-order valence-electron chi connectivity index (χ2n) is 7.15. The van der Waals surface area contributed by atoms with Crippen LogP contribution in [0, 0.1) is 0 Å². The molecule has 4 aromatic rings. The Balaban J connectivity index is 1.51. The van der Waals surface area contributed by atoms with Gasteiger partial charge in [0.1, 0.15) is 0 Å². The van der Waals surface area contributed by atoms with Crippen molar-refractivity contribution in [1.82, 2.24) is 14.8 Å². The van der Waals surface area contributed by atoms with Crippen molar-refractivity contribution in [3.8, 4) is 28.3 Å². The van der Waals surface area contributed by atoms with Gasteiger partial charge in [0.2, 0.25) is 5.96 Å². The van der Waals surface area contributed by atoms with E-state index in [0.717, 1.165) is 40.2 Å². The molecular formula is C24H21Cl2N5O2S. The SMILES string of the molecule is CN(NC(N)=NCc1cnc(-c2ccc(Cl)cc2)c(-c2ccc(Cl)cc2)c1)SOc1ccco1. The predicted molar refractivity (Wildman–Crippen MR) is 138 cm³/mol. The van der Waals surface area contributed by atoms with Gasteiger partial charge in [0.05, 0.1) is 18.5 Å². The van der Waals surface area contributed by atoms with Crippen molar-refractivity contribution in [3.05, 3.63) is 94.8 Å². The van der Waals surface area contributed by atoms with Crippen LogP contribution in [0.2, 0.25) is 10.0 Å². The van der Waals surface area contributed by atoms with Gasteiger partial charge in [-0.2, -0.15) is 0 Å². The summed E-state index contributed by atoms with van der Waals surface area (Å²) in [5.74, 6) is 0.614. The summed E-state index contributed by atoms with van der Waals surface area (Å²) < 4.78 is 12.1. The Morgan fingerprint density at radius 3 is 2.41 bits per heavy atom. The lowest BCUT2D eigenvalue weighted by atomic mass is 9.98. The molecule has 0 unspecified atom stereocenters. The van der Waals surface area contributed by atoms with Gasteiger partial charge in [0.25, 0.3) is 5.95 Å². The molecule has 0 aliphatic rings. The smallest absolute Gasteiger partial charge is 0.298 e. The van der Waals surface area contributed by atoms with Crippen molar-refractivity contribution in [2.24, 2.45) is 10.7 Å². The number of hydrazine groups is 1. The molecule has 0 spiro atoms. The maximum Gasteiger partial charge on any atom is 0.298 e. The molecule has 3 N–H and O–H groups in total. The molecule has 4 rings (SSSR count). The Bertz CT molecular complexity index is 1250. The second kappa shape index (κ2) is 11.3. The van der Waals surface area contributed by atoms with Gasteiger partial charge in [-0.25, -0.2) is 4.99 Å². The first-order chi connectivity index (χ1) is 16.5. The zero-order valence-corrected chi connectivity index (χ0v) is 20.4. The van der Waals surface area contributed by atoms with Gasteiger partial charge >= 0.3 is 0 Å². The lowest BCUT2D eigenvalue weighted by Crippen LogP contribution is -2.40. The minimum atomic E-state index is 0.230. The van der Waals surface area contributed by atoms with E-state index in [4.69, 9.17) is 42.5 Å². The number of benzene rings is 2. The van der Waals surface area contributed by atoms with E-state index in [1.807, 2.05) is 48.5 Å². The summed E-state index contributed by atoms with van der Waals surface area (Å²) in [7, 11) is 1.75. The maximum atomic E-state index is 6.09. The first-order valence-corrected chi connectivity index (χ1v) is 11.6. The fourth-order valence-electron chi connectivity index (χ4n) is 3.08.